The van der Waals surface area contributed by atoms with Gasteiger partial charge in [0.15, 0.2) is 0 Å². The van der Waals surface area contributed by atoms with Gasteiger partial charge in [0.2, 0.25) is 0 Å². The molecule has 2 aromatic rings. The number of rotatable bonds is 5. The Morgan fingerprint density at radius 2 is 1.36 bits per heavy atom. The summed E-state index contributed by atoms with van der Waals surface area (Å²) in [6.45, 7) is 4.24. The summed E-state index contributed by atoms with van der Waals surface area (Å²) in [6, 6.07) is 12.3. The fourth-order valence-electron chi connectivity index (χ4n) is 2.26. The molecule has 0 aliphatic carbocycles. The second-order valence-corrected chi connectivity index (χ2v) is 6.01. The predicted octanol–water partition coefficient (Wildman–Crippen LogP) is 2.87. The molecule has 0 spiro atoms. The van der Waals surface area contributed by atoms with Crippen LogP contribution in [0.1, 0.15) is 40.1 Å². The molecule has 0 atom stereocenters. The van der Waals surface area contributed by atoms with E-state index in [0.29, 0.717) is 11.5 Å². The summed E-state index contributed by atoms with van der Waals surface area (Å²) in [6.07, 6.45) is 0.929. The van der Waals surface area contributed by atoms with E-state index < -0.39 is 16.7 Å². The van der Waals surface area contributed by atoms with Crippen LogP contribution in [0, 0.1) is 16.0 Å². The van der Waals surface area contributed by atoms with E-state index in [9.17, 15) is 19.7 Å². The summed E-state index contributed by atoms with van der Waals surface area (Å²) in [7, 11) is 0. The van der Waals surface area contributed by atoms with Crippen molar-refractivity contribution in [2.75, 3.05) is 0 Å². The van der Waals surface area contributed by atoms with Crippen molar-refractivity contribution in [3.05, 3.63) is 75.3 Å². The lowest BCUT2D eigenvalue weighted by Crippen LogP contribution is -2.41. The highest BCUT2D eigenvalue weighted by molar-refractivity contribution is 5.99. The molecule has 2 amide bonds. The van der Waals surface area contributed by atoms with Crippen LogP contribution >= 0.6 is 0 Å². The predicted molar refractivity (Wildman–Crippen MR) is 93.0 cm³/mol. The lowest BCUT2D eigenvalue weighted by Gasteiger charge is -2.09. The molecule has 7 heteroatoms. The van der Waals surface area contributed by atoms with Crippen LogP contribution in [-0.2, 0) is 6.42 Å². The zero-order valence-electron chi connectivity index (χ0n) is 14.0. The Kier molecular flexibility index (Phi) is 5.84. The van der Waals surface area contributed by atoms with Gasteiger partial charge in [-0.1, -0.05) is 26.0 Å². The first kappa shape index (κ1) is 18.1. The molecule has 25 heavy (non-hydrogen) atoms. The van der Waals surface area contributed by atoms with Gasteiger partial charge >= 0.3 is 0 Å². The SMILES string of the molecule is CC(C)Cc1ccc(C(=O)NNC(=O)c2ccc([N+](=O)[O-])cc2)cc1. The number of benzene rings is 2. The van der Waals surface area contributed by atoms with E-state index >= 15 is 0 Å². The molecule has 0 aliphatic heterocycles. The molecule has 2 rings (SSSR count). The number of nitro benzene ring substituents is 1. The summed E-state index contributed by atoms with van der Waals surface area (Å²) >= 11 is 0. The summed E-state index contributed by atoms with van der Waals surface area (Å²) in [5.41, 5.74) is 6.27. The van der Waals surface area contributed by atoms with Crippen LogP contribution in [0.4, 0.5) is 5.69 Å². The molecule has 130 valence electrons. The van der Waals surface area contributed by atoms with Crippen LogP contribution in [0.5, 0.6) is 0 Å². The Morgan fingerprint density at radius 3 is 1.76 bits per heavy atom. The third-order valence-corrected chi connectivity index (χ3v) is 3.49. The largest absolute Gasteiger partial charge is 0.269 e. The maximum absolute atomic E-state index is 12.0. The lowest BCUT2D eigenvalue weighted by molar-refractivity contribution is -0.384. The van der Waals surface area contributed by atoms with Gasteiger partial charge in [-0.05, 0) is 42.2 Å². The smallest absolute Gasteiger partial charge is 0.267 e. The number of nitrogens with one attached hydrogen (secondary N) is 2. The van der Waals surface area contributed by atoms with Gasteiger partial charge in [0.05, 0.1) is 4.92 Å². The third-order valence-electron chi connectivity index (χ3n) is 3.49. The number of nitrogens with zero attached hydrogens (tertiary/aromatic N) is 1. The molecular weight excluding hydrogens is 322 g/mol. The second-order valence-electron chi connectivity index (χ2n) is 6.01. The highest BCUT2D eigenvalue weighted by Gasteiger charge is 2.11. The zero-order valence-corrected chi connectivity index (χ0v) is 14.0. The number of hydrazine groups is 1. The van der Waals surface area contributed by atoms with Crippen LogP contribution in [0.2, 0.25) is 0 Å². The minimum Gasteiger partial charge on any atom is -0.267 e. The second kappa shape index (κ2) is 8.05. The molecule has 0 fully saturated rings. The van der Waals surface area contributed by atoms with Crippen LogP contribution in [-0.4, -0.2) is 16.7 Å². The summed E-state index contributed by atoms with van der Waals surface area (Å²) in [5, 5.41) is 10.6. The van der Waals surface area contributed by atoms with E-state index in [1.807, 2.05) is 12.1 Å². The molecule has 2 N–H and O–H groups in total. The first-order chi connectivity index (χ1) is 11.9. The van der Waals surface area contributed by atoms with Gasteiger partial charge in [-0.3, -0.25) is 30.6 Å². The van der Waals surface area contributed by atoms with Crippen molar-refractivity contribution >= 4 is 17.5 Å². The monoisotopic (exact) mass is 341 g/mol. The Hall–Kier alpha value is -3.22. The van der Waals surface area contributed by atoms with E-state index in [-0.39, 0.29) is 11.3 Å². The number of carbonyl (C=O) groups excluding carboxylic acids is 2. The lowest BCUT2D eigenvalue weighted by atomic mass is 10.0. The standard InChI is InChI=1S/C18H19N3O4/c1-12(2)11-13-3-5-14(6-4-13)17(22)19-20-18(23)15-7-9-16(10-8-15)21(24)25/h3-10,12H,11H2,1-2H3,(H,19,22)(H,20,23). The van der Waals surface area contributed by atoms with Crippen molar-refractivity contribution in [3.63, 3.8) is 0 Å². The van der Waals surface area contributed by atoms with Gasteiger partial charge < -0.3 is 0 Å². The van der Waals surface area contributed by atoms with Gasteiger partial charge in [0.25, 0.3) is 17.5 Å². The Bertz CT molecular complexity index is 768. The molecule has 0 unspecified atom stereocenters. The van der Waals surface area contributed by atoms with Crippen molar-refractivity contribution in [1.82, 2.24) is 10.9 Å². The van der Waals surface area contributed by atoms with Gasteiger partial charge in [0, 0.05) is 23.3 Å². The molecule has 2 aromatic carbocycles. The highest BCUT2D eigenvalue weighted by Crippen LogP contribution is 2.12. The average Bonchev–Trinajstić information content (AvgIpc) is 2.59. The molecule has 0 aromatic heterocycles. The quantitative estimate of drug-likeness (QED) is 0.645. The van der Waals surface area contributed by atoms with Crippen LogP contribution in [0.3, 0.4) is 0 Å². The fourth-order valence-corrected chi connectivity index (χ4v) is 2.26. The number of non-ortho nitro benzene ring substituents is 1. The van der Waals surface area contributed by atoms with Crippen molar-refractivity contribution in [1.29, 1.82) is 0 Å². The van der Waals surface area contributed by atoms with Crippen molar-refractivity contribution in [2.45, 2.75) is 20.3 Å². The van der Waals surface area contributed by atoms with Crippen molar-refractivity contribution in [2.24, 2.45) is 5.92 Å². The molecule has 0 bridgehead atoms. The molecule has 0 radical (unpaired) electrons. The van der Waals surface area contributed by atoms with E-state index in [1.165, 1.54) is 24.3 Å². The Labute approximate surface area is 145 Å². The number of hydrogen-bond acceptors (Lipinski definition) is 4. The minimum atomic E-state index is -0.556. The fraction of sp³-hybridized carbons (Fsp3) is 0.222. The molecule has 0 saturated heterocycles. The molecular formula is C18H19N3O4. The molecule has 7 nitrogen and oxygen atoms in total. The Morgan fingerprint density at radius 1 is 0.920 bits per heavy atom. The maximum atomic E-state index is 12.0. The average molecular weight is 341 g/mol. The van der Waals surface area contributed by atoms with Gasteiger partial charge in [-0.15, -0.1) is 0 Å². The van der Waals surface area contributed by atoms with E-state index in [2.05, 4.69) is 24.7 Å². The van der Waals surface area contributed by atoms with E-state index in [0.717, 1.165) is 12.0 Å². The van der Waals surface area contributed by atoms with Crippen LogP contribution < -0.4 is 10.9 Å². The van der Waals surface area contributed by atoms with Gasteiger partial charge in [-0.25, -0.2) is 0 Å². The topological polar surface area (TPSA) is 101 Å². The van der Waals surface area contributed by atoms with Crippen LogP contribution in [0.25, 0.3) is 0 Å². The number of carbonyl (C=O) groups is 2. The first-order valence-electron chi connectivity index (χ1n) is 7.81. The molecule has 0 saturated carbocycles. The van der Waals surface area contributed by atoms with Gasteiger partial charge in [0.1, 0.15) is 0 Å². The third kappa shape index (κ3) is 5.13. The zero-order chi connectivity index (χ0) is 18.4. The summed E-state index contributed by atoms with van der Waals surface area (Å²) in [5.74, 6) is -0.466. The maximum Gasteiger partial charge on any atom is 0.269 e. The normalized spacial score (nSPS) is 10.4. The van der Waals surface area contributed by atoms with Gasteiger partial charge in [-0.2, -0.15) is 0 Å². The van der Waals surface area contributed by atoms with Crippen molar-refractivity contribution in [3.8, 4) is 0 Å². The van der Waals surface area contributed by atoms with E-state index in [1.54, 1.807) is 12.1 Å². The summed E-state index contributed by atoms with van der Waals surface area (Å²) < 4.78 is 0. The highest BCUT2D eigenvalue weighted by atomic mass is 16.6. The van der Waals surface area contributed by atoms with Crippen LogP contribution in [0.15, 0.2) is 48.5 Å². The molecule has 0 aliphatic rings. The van der Waals surface area contributed by atoms with E-state index in [4.69, 9.17) is 0 Å². The number of hydrogen-bond donors (Lipinski definition) is 2. The summed E-state index contributed by atoms with van der Waals surface area (Å²) in [4.78, 5) is 34.0. The van der Waals surface area contributed by atoms with Crippen molar-refractivity contribution < 1.29 is 14.5 Å². The molecule has 0 heterocycles. The number of nitro groups is 1. The Balaban J connectivity index is 1.92. The number of amides is 2. The minimum absolute atomic E-state index is 0.109. The first-order valence-corrected chi connectivity index (χ1v) is 7.81.